The van der Waals surface area contributed by atoms with E-state index in [0.717, 1.165) is 6.07 Å². The molecule has 0 amide bonds. The van der Waals surface area contributed by atoms with Gasteiger partial charge in [-0.2, -0.15) is 4.98 Å². The number of aromatic carboxylic acids is 1. The molecule has 0 spiro atoms. The van der Waals surface area contributed by atoms with Gasteiger partial charge in [-0.05, 0) is 24.3 Å². The van der Waals surface area contributed by atoms with Crippen molar-refractivity contribution >= 4 is 17.0 Å². The number of ether oxygens (including phenoxy) is 1. The Morgan fingerprint density at radius 3 is 2.57 bits per heavy atom. The van der Waals surface area contributed by atoms with Crippen LogP contribution in [0.4, 0.5) is 4.39 Å². The molecular formula is C14H8FN3O3. The van der Waals surface area contributed by atoms with Crippen LogP contribution in [0.3, 0.4) is 0 Å². The van der Waals surface area contributed by atoms with Crippen molar-refractivity contribution in [2.24, 2.45) is 0 Å². The second kappa shape index (κ2) is 5.12. The SMILES string of the molecule is O=C(O)c1c(F)cccc1Oc1nnc2ccccc2n1. The van der Waals surface area contributed by atoms with Crippen molar-refractivity contribution in [1.82, 2.24) is 15.2 Å². The Hall–Kier alpha value is -3.09. The molecular weight excluding hydrogens is 277 g/mol. The molecule has 0 saturated carbocycles. The number of benzene rings is 2. The van der Waals surface area contributed by atoms with E-state index in [9.17, 15) is 9.18 Å². The van der Waals surface area contributed by atoms with E-state index in [2.05, 4.69) is 15.2 Å². The van der Waals surface area contributed by atoms with Crippen molar-refractivity contribution in [3.8, 4) is 11.8 Å². The van der Waals surface area contributed by atoms with Gasteiger partial charge in [-0.25, -0.2) is 9.18 Å². The van der Waals surface area contributed by atoms with Crippen LogP contribution in [-0.4, -0.2) is 26.3 Å². The lowest BCUT2D eigenvalue weighted by Gasteiger charge is -2.07. The lowest BCUT2D eigenvalue weighted by molar-refractivity contribution is 0.0688. The highest BCUT2D eigenvalue weighted by Gasteiger charge is 2.18. The molecule has 0 aliphatic carbocycles. The summed E-state index contributed by atoms with van der Waals surface area (Å²) in [6.45, 7) is 0. The molecule has 21 heavy (non-hydrogen) atoms. The smallest absolute Gasteiger partial charge is 0.342 e. The number of carboxylic acids is 1. The van der Waals surface area contributed by atoms with Crippen molar-refractivity contribution < 1.29 is 19.0 Å². The van der Waals surface area contributed by atoms with Crippen LogP contribution in [0.15, 0.2) is 42.5 Å². The van der Waals surface area contributed by atoms with Crippen LogP contribution in [-0.2, 0) is 0 Å². The van der Waals surface area contributed by atoms with E-state index in [-0.39, 0.29) is 11.8 Å². The third kappa shape index (κ3) is 2.48. The molecule has 0 atom stereocenters. The summed E-state index contributed by atoms with van der Waals surface area (Å²) in [4.78, 5) is 15.2. The summed E-state index contributed by atoms with van der Waals surface area (Å²) in [5, 5.41) is 16.6. The molecule has 0 saturated heterocycles. The number of carbonyl (C=O) groups is 1. The van der Waals surface area contributed by atoms with Gasteiger partial charge in [-0.15, -0.1) is 5.10 Å². The van der Waals surface area contributed by atoms with Gasteiger partial charge in [-0.1, -0.05) is 23.3 Å². The van der Waals surface area contributed by atoms with Crippen LogP contribution >= 0.6 is 0 Å². The predicted octanol–water partition coefficient (Wildman–Crippen LogP) is 2.65. The van der Waals surface area contributed by atoms with Gasteiger partial charge in [0.15, 0.2) is 0 Å². The van der Waals surface area contributed by atoms with Crippen molar-refractivity contribution in [3.63, 3.8) is 0 Å². The van der Waals surface area contributed by atoms with Crippen LogP contribution in [0.1, 0.15) is 10.4 Å². The molecule has 0 unspecified atom stereocenters. The highest BCUT2D eigenvalue weighted by molar-refractivity contribution is 5.91. The average molecular weight is 285 g/mol. The minimum atomic E-state index is -1.43. The number of carboxylic acid groups (broad SMARTS) is 1. The van der Waals surface area contributed by atoms with Gasteiger partial charge in [0, 0.05) is 0 Å². The number of halogens is 1. The highest BCUT2D eigenvalue weighted by Crippen LogP contribution is 2.25. The Kier molecular flexibility index (Phi) is 3.15. The predicted molar refractivity (Wildman–Crippen MR) is 70.8 cm³/mol. The highest BCUT2D eigenvalue weighted by atomic mass is 19.1. The van der Waals surface area contributed by atoms with E-state index < -0.39 is 17.3 Å². The lowest BCUT2D eigenvalue weighted by Crippen LogP contribution is -2.05. The van der Waals surface area contributed by atoms with E-state index >= 15 is 0 Å². The molecule has 2 aromatic carbocycles. The molecule has 1 N–H and O–H groups in total. The summed E-state index contributed by atoms with van der Waals surface area (Å²) in [6, 6.07) is 10.5. The van der Waals surface area contributed by atoms with Crippen molar-refractivity contribution in [3.05, 3.63) is 53.8 Å². The average Bonchev–Trinajstić information content (AvgIpc) is 2.47. The summed E-state index contributed by atoms with van der Waals surface area (Å²) in [7, 11) is 0. The van der Waals surface area contributed by atoms with Gasteiger partial charge in [0.2, 0.25) is 0 Å². The van der Waals surface area contributed by atoms with Gasteiger partial charge >= 0.3 is 12.0 Å². The number of rotatable bonds is 3. The lowest BCUT2D eigenvalue weighted by atomic mass is 10.2. The molecule has 6 nitrogen and oxygen atoms in total. The van der Waals surface area contributed by atoms with Crippen LogP contribution in [0.5, 0.6) is 11.8 Å². The van der Waals surface area contributed by atoms with E-state index in [1.165, 1.54) is 12.1 Å². The molecule has 0 bridgehead atoms. The van der Waals surface area contributed by atoms with Gasteiger partial charge in [0.1, 0.15) is 22.6 Å². The summed E-state index contributed by atoms with van der Waals surface area (Å²) in [5.41, 5.74) is 0.535. The molecule has 0 aliphatic rings. The molecule has 3 rings (SSSR count). The zero-order chi connectivity index (χ0) is 14.8. The van der Waals surface area contributed by atoms with E-state index in [4.69, 9.17) is 9.84 Å². The number of para-hydroxylation sites is 1. The number of hydrogen-bond acceptors (Lipinski definition) is 5. The van der Waals surface area contributed by atoms with Crippen molar-refractivity contribution in [2.75, 3.05) is 0 Å². The fraction of sp³-hybridized carbons (Fsp3) is 0. The zero-order valence-electron chi connectivity index (χ0n) is 10.5. The first-order chi connectivity index (χ1) is 10.1. The Morgan fingerprint density at radius 2 is 1.81 bits per heavy atom. The number of nitrogens with zero attached hydrogens (tertiary/aromatic N) is 3. The van der Waals surface area contributed by atoms with Crippen molar-refractivity contribution in [2.45, 2.75) is 0 Å². The molecule has 7 heteroatoms. The second-order valence-electron chi connectivity index (χ2n) is 4.10. The van der Waals surface area contributed by atoms with E-state index in [0.29, 0.717) is 11.0 Å². The van der Waals surface area contributed by atoms with Crippen molar-refractivity contribution in [1.29, 1.82) is 0 Å². The Balaban J connectivity index is 2.02. The molecule has 1 heterocycles. The fourth-order valence-electron chi connectivity index (χ4n) is 1.80. The first kappa shape index (κ1) is 12.9. The molecule has 104 valence electrons. The van der Waals surface area contributed by atoms with E-state index in [1.54, 1.807) is 24.3 Å². The number of fused-ring (bicyclic) bond motifs is 1. The maximum atomic E-state index is 13.5. The number of aromatic nitrogens is 3. The maximum Gasteiger partial charge on any atom is 0.342 e. The molecule has 0 aliphatic heterocycles. The Bertz CT molecular complexity index is 839. The summed E-state index contributed by atoms with van der Waals surface area (Å²) < 4.78 is 18.8. The topological polar surface area (TPSA) is 85.2 Å². The van der Waals surface area contributed by atoms with Crippen LogP contribution in [0, 0.1) is 5.82 Å². The van der Waals surface area contributed by atoms with Crippen LogP contribution < -0.4 is 4.74 Å². The van der Waals surface area contributed by atoms with Gasteiger partial charge in [0.05, 0.1) is 5.52 Å². The normalized spacial score (nSPS) is 10.5. The summed E-state index contributed by atoms with van der Waals surface area (Å²) in [6.07, 6.45) is 0. The maximum absolute atomic E-state index is 13.5. The molecule has 0 radical (unpaired) electrons. The molecule has 3 aromatic rings. The molecule has 1 aromatic heterocycles. The summed E-state index contributed by atoms with van der Waals surface area (Å²) >= 11 is 0. The third-order valence-corrected chi connectivity index (χ3v) is 2.73. The minimum Gasteiger partial charge on any atom is -0.477 e. The summed E-state index contributed by atoms with van der Waals surface area (Å²) in [5.74, 6) is -2.51. The van der Waals surface area contributed by atoms with Gasteiger partial charge in [-0.3, -0.25) is 0 Å². The Labute approximate surface area is 117 Å². The number of hydrogen-bond donors (Lipinski definition) is 1. The minimum absolute atomic E-state index is 0.151. The standard InChI is InChI=1S/C14H8FN3O3/c15-8-4-3-7-11(12(8)13(19)20)21-14-16-9-5-1-2-6-10(9)17-18-14/h1-7H,(H,19,20). The monoisotopic (exact) mass is 285 g/mol. The van der Waals surface area contributed by atoms with Gasteiger partial charge in [0.25, 0.3) is 0 Å². The zero-order valence-corrected chi connectivity index (χ0v) is 10.5. The fourth-order valence-corrected chi connectivity index (χ4v) is 1.80. The van der Waals surface area contributed by atoms with E-state index in [1.807, 2.05) is 0 Å². The third-order valence-electron chi connectivity index (χ3n) is 2.73. The first-order valence-corrected chi connectivity index (χ1v) is 5.94. The van der Waals surface area contributed by atoms with Crippen LogP contribution in [0.2, 0.25) is 0 Å². The Morgan fingerprint density at radius 1 is 1.05 bits per heavy atom. The second-order valence-corrected chi connectivity index (χ2v) is 4.10. The van der Waals surface area contributed by atoms with Crippen LogP contribution in [0.25, 0.3) is 11.0 Å². The van der Waals surface area contributed by atoms with Gasteiger partial charge < -0.3 is 9.84 Å². The quantitative estimate of drug-likeness (QED) is 0.796. The largest absolute Gasteiger partial charge is 0.477 e. The molecule has 0 fully saturated rings. The first-order valence-electron chi connectivity index (χ1n) is 5.94.